The topological polar surface area (TPSA) is 142 Å². The van der Waals surface area contributed by atoms with Crippen molar-refractivity contribution in [3.05, 3.63) is 79.1 Å². The highest BCUT2D eigenvalue weighted by molar-refractivity contribution is 6.30. The van der Waals surface area contributed by atoms with E-state index in [2.05, 4.69) is 10.4 Å². The number of benzene rings is 2. The minimum absolute atomic E-state index is 0.121. The van der Waals surface area contributed by atoms with E-state index in [9.17, 15) is 25.0 Å². The molecule has 0 aliphatic heterocycles. The maximum Gasteiger partial charge on any atom is 0.312 e. The van der Waals surface area contributed by atoms with Crippen LogP contribution in [0.4, 0.5) is 17.1 Å². The molecule has 0 saturated carbocycles. The first-order valence-electron chi connectivity index (χ1n) is 9.30. The van der Waals surface area contributed by atoms with E-state index in [0.29, 0.717) is 10.8 Å². The number of ether oxygens (including phenoxy) is 1. The third kappa shape index (κ3) is 4.83. The average molecular weight is 460 g/mol. The summed E-state index contributed by atoms with van der Waals surface area (Å²) in [6.45, 7) is 4.49. The summed E-state index contributed by atoms with van der Waals surface area (Å²) in [6, 6.07) is 9.31. The van der Waals surface area contributed by atoms with Gasteiger partial charge in [0.25, 0.3) is 5.69 Å². The number of aromatic nitrogens is 2. The van der Waals surface area contributed by atoms with Crippen LogP contribution in [0.3, 0.4) is 0 Å². The van der Waals surface area contributed by atoms with Crippen molar-refractivity contribution in [1.82, 2.24) is 9.78 Å². The molecule has 0 aliphatic rings. The van der Waals surface area contributed by atoms with Gasteiger partial charge in [0.1, 0.15) is 28.9 Å². The SMILES string of the molecule is Cc1nn(C(C)C(=O)Nc2cc(Oc3ccc(Cl)cc3)cc([N+](=O)[O-])c2)c(C)c1[N+](=O)[O-]. The Balaban J connectivity index is 1.87. The van der Waals surface area contributed by atoms with Gasteiger partial charge in [0.05, 0.1) is 21.6 Å². The summed E-state index contributed by atoms with van der Waals surface area (Å²) in [5.74, 6) is -0.0369. The van der Waals surface area contributed by atoms with Crippen LogP contribution in [0.25, 0.3) is 0 Å². The maximum absolute atomic E-state index is 12.8. The molecule has 11 nitrogen and oxygen atoms in total. The number of carbonyl (C=O) groups excluding carboxylic acids is 1. The van der Waals surface area contributed by atoms with Gasteiger partial charge in [0.15, 0.2) is 0 Å². The number of nitro benzene ring substituents is 1. The Morgan fingerprint density at radius 3 is 2.31 bits per heavy atom. The average Bonchev–Trinajstić information content (AvgIpc) is 3.03. The van der Waals surface area contributed by atoms with Crippen LogP contribution >= 0.6 is 11.6 Å². The molecule has 0 bridgehead atoms. The molecule has 0 aliphatic carbocycles. The van der Waals surface area contributed by atoms with E-state index in [1.807, 2.05) is 0 Å². The summed E-state index contributed by atoms with van der Waals surface area (Å²) >= 11 is 5.85. The van der Waals surface area contributed by atoms with Crippen LogP contribution in [0.5, 0.6) is 11.5 Å². The summed E-state index contributed by atoms with van der Waals surface area (Å²) in [5, 5.41) is 29.7. The number of hydrogen-bond donors (Lipinski definition) is 1. The largest absolute Gasteiger partial charge is 0.457 e. The van der Waals surface area contributed by atoms with E-state index in [0.717, 1.165) is 0 Å². The molecule has 0 saturated heterocycles. The molecule has 1 heterocycles. The highest BCUT2D eigenvalue weighted by Gasteiger charge is 2.27. The third-order valence-corrected chi connectivity index (χ3v) is 4.89. The number of anilines is 1. The van der Waals surface area contributed by atoms with Gasteiger partial charge in [0, 0.05) is 17.2 Å². The lowest BCUT2D eigenvalue weighted by Crippen LogP contribution is -2.25. The van der Waals surface area contributed by atoms with Crippen LogP contribution < -0.4 is 10.1 Å². The first-order chi connectivity index (χ1) is 15.1. The number of nitrogens with zero attached hydrogens (tertiary/aromatic N) is 4. The lowest BCUT2D eigenvalue weighted by molar-refractivity contribution is -0.386. The molecular weight excluding hydrogens is 442 g/mol. The van der Waals surface area contributed by atoms with Crippen molar-refractivity contribution in [3.63, 3.8) is 0 Å². The molecule has 32 heavy (non-hydrogen) atoms. The van der Waals surface area contributed by atoms with Gasteiger partial charge >= 0.3 is 5.69 Å². The van der Waals surface area contributed by atoms with Gasteiger partial charge in [-0.2, -0.15) is 5.10 Å². The zero-order chi connectivity index (χ0) is 23.6. The van der Waals surface area contributed by atoms with Gasteiger partial charge in [-0.1, -0.05) is 11.6 Å². The van der Waals surface area contributed by atoms with Crippen molar-refractivity contribution in [1.29, 1.82) is 0 Å². The Morgan fingerprint density at radius 2 is 1.75 bits per heavy atom. The lowest BCUT2D eigenvalue weighted by atomic mass is 10.2. The number of non-ortho nitro benzene ring substituents is 1. The number of rotatable bonds is 7. The smallest absolute Gasteiger partial charge is 0.312 e. The summed E-state index contributed by atoms with van der Waals surface area (Å²) in [6.07, 6.45) is 0. The molecule has 1 unspecified atom stereocenters. The van der Waals surface area contributed by atoms with E-state index in [1.54, 1.807) is 24.3 Å². The van der Waals surface area contributed by atoms with Gasteiger partial charge in [0.2, 0.25) is 5.91 Å². The molecule has 3 aromatic rings. The predicted octanol–water partition coefficient (Wildman–Crippen LogP) is 4.96. The van der Waals surface area contributed by atoms with Gasteiger partial charge < -0.3 is 10.1 Å². The van der Waals surface area contributed by atoms with Crippen LogP contribution in [0.1, 0.15) is 24.4 Å². The molecule has 1 atom stereocenters. The molecule has 12 heteroatoms. The quantitative estimate of drug-likeness (QED) is 0.388. The van der Waals surface area contributed by atoms with Crippen LogP contribution in [0, 0.1) is 34.1 Å². The summed E-state index contributed by atoms with van der Waals surface area (Å²) in [7, 11) is 0. The summed E-state index contributed by atoms with van der Waals surface area (Å²) in [5.41, 5.74) is 0.0676. The summed E-state index contributed by atoms with van der Waals surface area (Å²) in [4.78, 5) is 34.2. The fourth-order valence-electron chi connectivity index (χ4n) is 3.11. The molecule has 0 radical (unpaired) electrons. The van der Waals surface area contributed by atoms with Crippen molar-refractivity contribution in [3.8, 4) is 11.5 Å². The number of halogens is 1. The number of carbonyl (C=O) groups is 1. The molecule has 1 N–H and O–H groups in total. The second kappa shape index (κ2) is 9.02. The molecule has 2 aromatic carbocycles. The number of nitrogens with one attached hydrogen (secondary N) is 1. The summed E-state index contributed by atoms with van der Waals surface area (Å²) < 4.78 is 6.89. The van der Waals surface area contributed by atoms with E-state index in [4.69, 9.17) is 16.3 Å². The number of nitro groups is 2. The Bertz CT molecular complexity index is 1210. The first-order valence-corrected chi connectivity index (χ1v) is 9.68. The van der Waals surface area contributed by atoms with E-state index >= 15 is 0 Å². The Kier molecular flexibility index (Phi) is 6.40. The third-order valence-electron chi connectivity index (χ3n) is 4.63. The van der Waals surface area contributed by atoms with Crippen molar-refractivity contribution < 1.29 is 19.4 Å². The zero-order valence-electron chi connectivity index (χ0n) is 17.2. The van der Waals surface area contributed by atoms with Crippen LogP contribution in [-0.2, 0) is 4.79 Å². The van der Waals surface area contributed by atoms with Crippen LogP contribution in [-0.4, -0.2) is 25.5 Å². The Morgan fingerprint density at radius 1 is 1.09 bits per heavy atom. The van der Waals surface area contributed by atoms with Crippen molar-refractivity contribution in [2.75, 3.05) is 5.32 Å². The lowest BCUT2D eigenvalue weighted by Gasteiger charge is -2.15. The highest BCUT2D eigenvalue weighted by atomic mass is 35.5. The minimum atomic E-state index is -0.915. The van der Waals surface area contributed by atoms with Gasteiger partial charge in [-0.05, 0) is 45.0 Å². The molecule has 3 rings (SSSR count). The van der Waals surface area contributed by atoms with Crippen LogP contribution in [0.15, 0.2) is 42.5 Å². The fourth-order valence-corrected chi connectivity index (χ4v) is 3.24. The zero-order valence-corrected chi connectivity index (χ0v) is 18.0. The van der Waals surface area contributed by atoms with Crippen LogP contribution in [0.2, 0.25) is 5.02 Å². The minimum Gasteiger partial charge on any atom is -0.457 e. The second-order valence-corrected chi connectivity index (χ2v) is 7.35. The second-order valence-electron chi connectivity index (χ2n) is 6.92. The highest BCUT2D eigenvalue weighted by Crippen LogP contribution is 2.31. The van der Waals surface area contributed by atoms with E-state index < -0.39 is 21.8 Å². The van der Waals surface area contributed by atoms with Crippen molar-refractivity contribution >= 4 is 34.6 Å². The van der Waals surface area contributed by atoms with Crippen molar-refractivity contribution in [2.24, 2.45) is 0 Å². The predicted molar refractivity (Wildman–Crippen MR) is 116 cm³/mol. The molecule has 1 aromatic heterocycles. The maximum atomic E-state index is 12.8. The fraction of sp³-hybridized carbons (Fsp3) is 0.200. The van der Waals surface area contributed by atoms with Gasteiger partial charge in [-0.3, -0.25) is 29.7 Å². The van der Waals surface area contributed by atoms with Crippen molar-refractivity contribution in [2.45, 2.75) is 26.8 Å². The van der Waals surface area contributed by atoms with Gasteiger partial charge in [-0.15, -0.1) is 0 Å². The molecule has 1 amide bonds. The first kappa shape index (κ1) is 22.7. The van der Waals surface area contributed by atoms with E-state index in [1.165, 1.54) is 43.7 Å². The Labute approximate surface area is 186 Å². The number of hydrogen-bond acceptors (Lipinski definition) is 7. The van der Waals surface area contributed by atoms with Gasteiger partial charge in [-0.25, -0.2) is 0 Å². The standard InChI is InChI=1S/C20H18ClN5O6/c1-11-19(26(30)31)12(2)24(23-11)13(3)20(27)22-15-8-16(25(28)29)10-18(9-15)32-17-6-4-14(21)5-7-17/h4-10,13H,1-3H3,(H,22,27). The number of amides is 1. The Hall–Kier alpha value is -3.99. The molecule has 0 fully saturated rings. The molecule has 166 valence electrons. The monoisotopic (exact) mass is 459 g/mol. The molecular formula is C20H18ClN5O6. The van der Waals surface area contributed by atoms with E-state index in [-0.39, 0.29) is 34.2 Å². The normalized spacial score (nSPS) is 11.6. The molecule has 0 spiro atoms. The number of aryl methyl sites for hydroxylation is 1.